The lowest BCUT2D eigenvalue weighted by Crippen LogP contribution is -2.37. The van der Waals surface area contributed by atoms with Gasteiger partial charge in [0.1, 0.15) is 5.82 Å². The Bertz CT molecular complexity index is 349. The fourth-order valence-electron chi connectivity index (χ4n) is 2.06. The Hall–Kier alpha value is -1.27. The first-order valence-electron chi connectivity index (χ1n) is 5.42. The van der Waals surface area contributed by atoms with E-state index in [4.69, 9.17) is 5.21 Å². The zero-order chi connectivity index (χ0) is 11.4. The number of hydroxylamine groups is 1. The molecule has 1 fully saturated rings. The zero-order valence-electron chi connectivity index (χ0n) is 8.86. The zero-order valence-corrected chi connectivity index (χ0v) is 8.86. The molecule has 0 amide bonds. The van der Waals surface area contributed by atoms with Crippen LogP contribution in [0.4, 0.5) is 10.2 Å². The Morgan fingerprint density at radius 1 is 1.38 bits per heavy atom. The summed E-state index contributed by atoms with van der Waals surface area (Å²) in [6, 6.07) is 1.96. The molecule has 1 saturated carbocycles. The van der Waals surface area contributed by atoms with Crippen molar-refractivity contribution < 1.29 is 9.60 Å². The molecule has 3 N–H and O–H groups in total. The van der Waals surface area contributed by atoms with Crippen molar-refractivity contribution in [1.82, 2.24) is 15.4 Å². The van der Waals surface area contributed by atoms with Crippen LogP contribution in [0.25, 0.3) is 0 Å². The van der Waals surface area contributed by atoms with E-state index in [1.54, 1.807) is 6.07 Å². The Labute approximate surface area is 93.1 Å². The lowest BCUT2D eigenvalue weighted by molar-refractivity contribution is 0.104. The molecule has 0 bridgehead atoms. The van der Waals surface area contributed by atoms with E-state index < -0.39 is 6.08 Å². The van der Waals surface area contributed by atoms with E-state index in [1.165, 1.54) is 6.20 Å². The summed E-state index contributed by atoms with van der Waals surface area (Å²) in [6.45, 7) is 0. The van der Waals surface area contributed by atoms with E-state index in [-0.39, 0.29) is 12.1 Å². The third-order valence-electron chi connectivity index (χ3n) is 2.83. The van der Waals surface area contributed by atoms with Crippen LogP contribution in [0, 0.1) is 6.08 Å². The molecular formula is C10H15FN4O. The third kappa shape index (κ3) is 2.86. The smallest absolute Gasteiger partial charge is 0.310 e. The van der Waals surface area contributed by atoms with Crippen LogP contribution in [0.3, 0.4) is 0 Å². The molecule has 88 valence electrons. The van der Waals surface area contributed by atoms with Gasteiger partial charge in [-0.1, -0.05) is 0 Å². The molecule has 1 aromatic heterocycles. The fourth-order valence-corrected chi connectivity index (χ4v) is 2.06. The second-order valence-electron chi connectivity index (χ2n) is 4.04. The molecular weight excluding hydrogens is 211 g/mol. The maximum atomic E-state index is 12.7. The Balaban J connectivity index is 1.94. The van der Waals surface area contributed by atoms with E-state index in [1.807, 2.05) is 0 Å². The fraction of sp³-hybridized carbons (Fsp3) is 0.600. The Morgan fingerprint density at radius 2 is 2.19 bits per heavy atom. The third-order valence-corrected chi connectivity index (χ3v) is 2.83. The summed E-state index contributed by atoms with van der Waals surface area (Å²) in [5.41, 5.74) is 2.28. The largest absolute Gasteiger partial charge is 0.367 e. The predicted octanol–water partition coefficient (Wildman–Crippen LogP) is 1.32. The average Bonchev–Trinajstić information content (AvgIpc) is 2.29. The highest BCUT2D eigenvalue weighted by Gasteiger charge is 2.21. The Morgan fingerprint density at radius 3 is 2.94 bits per heavy atom. The molecule has 0 spiro atoms. The van der Waals surface area contributed by atoms with Crippen molar-refractivity contribution in [3.8, 4) is 0 Å². The van der Waals surface area contributed by atoms with Crippen LogP contribution in [0.15, 0.2) is 12.3 Å². The molecule has 2 atom stereocenters. The molecule has 1 heterocycles. The minimum absolute atomic E-state index is 0.109. The van der Waals surface area contributed by atoms with Crippen molar-refractivity contribution in [2.45, 2.75) is 37.8 Å². The molecule has 1 aliphatic carbocycles. The second-order valence-corrected chi connectivity index (χ2v) is 4.04. The van der Waals surface area contributed by atoms with Gasteiger partial charge in [-0.15, -0.1) is 0 Å². The lowest BCUT2D eigenvalue weighted by atomic mass is 9.91. The maximum absolute atomic E-state index is 12.7. The van der Waals surface area contributed by atoms with Gasteiger partial charge in [-0.2, -0.15) is 9.37 Å². The van der Waals surface area contributed by atoms with Crippen molar-refractivity contribution in [3.05, 3.63) is 18.3 Å². The number of hydrogen-bond donors (Lipinski definition) is 3. The van der Waals surface area contributed by atoms with Crippen molar-refractivity contribution in [2.75, 3.05) is 5.32 Å². The van der Waals surface area contributed by atoms with E-state index in [0.717, 1.165) is 25.7 Å². The second kappa shape index (κ2) is 5.18. The lowest BCUT2D eigenvalue weighted by Gasteiger charge is -2.28. The molecule has 0 radical (unpaired) electrons. The van der Waals surface area contributed by atoms with Crippen LogP contribution in [-0.4, -0.2) is 27.3 Å². The number of nitrogens with one attached hydrogen (secondary N) is 2. The van der Waals surface area contributed by atoms with Gasteiger partial charge in [0.15, 0.2) is 0 Å². The summed E-state index contributed by atoms with van der Waals surface area (Å²) in [4.78, 5) is 7.04. The molecule has 0 unspecified atom stereocenters. The van der Waals surface area contributed by atoms with Crippen LogP contribution in [0.1, 0.15) is 25.7 Å². The van der Waals surface area contributed by atoms with Gasteiger partial charge in [0.2, 0.25) is 0 Å². The summed E-state index contributed by atoms with van der Waals surface area (Å²) < 4.78 is 12.7. The molecule has 0 aliphatic heterocycles. The van der Waals surface area contributed by atoms with Gasteiger partial charge in [0.05, 0.1) is 0 Å². The topological polar surface area (TPSA) is 70.1 Å². The molecule has 1 aromatic rings. The number of hydrogen-bond acceptors (Lipinski definition) is 5. The van der Waals surface area contributed by atoms with Crippen LogP contribution in [-0.2, 0) is 0 Å². The van der Waals surface area contributed by atoms with Gasteiger partial charge >= 0.3 is 6.08 Å². The van der Waals surface area contributed by atoms with Gasteiger partial charge in [-0.3, -0.25) is 0 Å². The van der Waals surface area contributed by atoms with Crippen LogP contribution >= 0.6 is 0 Å². The van der Waals surface area contributed by atoms with Gasteiger partial charge in [0, 0.05) is 18.3 Å². The number of rotatable bonds is 3. The van der Waals surface area contributed by atoms with Gasteiger partial charge in [-0.25, -0.2) is 10.5 Å². The first kappa shape index (κ1) is 11.2. The van der Waals surface area contributed by atoms with Gasteiger partial charge < -0.3 is 10.5 Å². The maximum Gasteiger partial charge on any atom is 0.310 e. The van der Waals surface area contributed by atoms with Crippen molar-refractivity contribution >= 4 is 5.82 Å². The molecule has 5 nitrogen and oxygen atoms in total. The number of halogens is 1. The Kier molecular flexibility index (Phi) is 3.63. The first-order chi connectivity index (χ1) is 7.78. The molecule has 2 rings (SSSR count). The van der Waals surface area contributed by atoms with E-state index in [9.17, 15) is 4.39 Å². The summed E-state index contributed by atoms with van der Waals surface area (Å²) in [5, 5.41) is 12.0. The summed E-state index contributed by atoms with van der Waals surface area (Å²) in [5.74, 6) is 0.496. The van der Waals surface area contributed by atoms with E-state index in [0.29, 0.717) is 5.82 Å². The number of anilines is 1. The molecule has 16 heavy (non-hydrogen) atoms. The highest BCUT2D eigenvalue weighted by molar-refractivity contribution is 5.33. The summed E-state index contributed by atoms with van der Waals surface area (Å²) in [7, 11) is 0. The minimum Gasteiger partial charge on any atom is -0.367 e. The molecule has 0 saturated heterocycles. The molecule has 1 aliphatic rings. The average molecular weight is 226 g/mol. The number of nitrogens with zero attached hydrogens (tertiary/aromatic N) is 2. The predicted molar refractivity (Wildman–Crippen MR) is 56.6 cm³/mol. The van der Waals surface area contributed by atoms with E-state index >= 15 is 0 Å². The van der Waals surface area contributed by atoms with Crippen molar-refractivity contribution in [1.29, 1.82) is 0 Å². The normalized spacial score (nSPS) is 25.4. The van der Waals surface area contributed by atoms with E-state index in [2.05, 4.69) is 20.8 Å². The van der Waals surface area contributed by atoms with Crippen LogP contribution in [0.5, 0.6) is 0 Å². The highest BCUT2D eigenvalue weighted by atomic mass is 19.1. The standard InChI is InChI=1S/C10H15FN4O/c11-10-12-5-4-9(14-10)13-7-2-1-3-8(6-7)15-16/h4-5,7-8,15-16H,1-3,6H2,(H,12,13,14)/t7-,8-/m0/s1. The summed E-state index contributed by atoms with van der Waals surface area (Å²) >= 11 is 0. The van der Waals surface area contributed by atoms with Crippen LogP contribution in [0.2, 0.25) is 0 Å². The van der Waals surface area contributed by atoms with Crippen molar-refractivity contribution in [3.63, 3.8) is 0 Å². The van der Waals surface area contributed by atoms with Crippen molar-refractivity contribution in [2.24, 2.45) is 0 Å². The first-order valence-corrected chi connectivity index (χ1v) is 5.42. The van der Waals surface area contributed by atoms with Gasteiger partial charge in [0.25, 0.3) is 0 Å². The SMILES string of the molecule is ON[C@H]1CCC[C@H](Nc2ccnc(F)n2)C1. The molecule has 0 aromatic carbocycles. The van der Waals surface area contributed by atoms with Gasteiger partial charge in [-0.05, 0) is 31.7 Å². The quantitative estimate of drug-likeness (QED) is 0.535. The highest BCUT2D eigenvalue weighted by Crippen LogP contribution is 2.21. The van der Waals surface area contributed by atoms with Crippen LogP contribution < -0.4 is 10.8 Å². The minimum atomic E-state index is -0.724. The summed E-state index contributed by atoms with van der Waals surface area (Å²) in [6.07, 6.45) is 4.47. The number of aromatic nitrogens is 2. The molecule has 6 heteroatoms. The monoisotopic (exact) mass is 226 g/mol.